The Bertz CT molecular complexity index is 276. The summed E-state index contributed by atoms with van der Waals surface area (Å²) in [6, 6.07) is 0.448. The van der Waals surface area contributed by atoms with Gasteiger partial charge >= 0.3 is 0 Å². The molecule has 0 aliphatic heterocycles. The summed E-state index contributed by atoms with van der Waals surface area (Å²) in [5.74, 6) is 0.808. The van der Waals surface area contributed by atoms with Gasteiger partial charge in [-0.3, -0.25) is 4.68 Å². The first-order chi connectivity index (χ1) is 7.21. The van der Waals surface area contributed by atoms with Crippen LogP contribution >= 0.6 is 0 Å². The molecule has 0 saturated carbocycles. The number of aryl methyl sites for hydroxylation is 1. The maximum atomic E-state index is 4.22. The lowest BCUT2D eigenvalue weighted by atomic mass is 9.92. The maximum absolute atomic E-state index is 4.22. The Morgan fingerprint density at radius 3 is 2.47 bits per heavy atom. The van der Waals surface area contributed by atoms with E-state index in [9.17, 15) is 0 Å². The van der Waals surface area contributed by atoms with Gasteiger partial charge in [-0.15, -0.1) is 0 Å². The molecule has 15 heavy (non-hydrogen) atoms. The summed E-state index contributed by atoms with van der Waals surface area (Å²) in [6.45, 7) is 4.54. The van der Waals surface area contributed by atoms with Crippen LogP contribution < -0.4 is 5.32 Å². The Hall–Kier alpha value is -0.830. The number of rotatable bonds is 6. The fourth-order valence-electron chi connectivity index (χ4n) is 2.00. The molecule has 0 aliphatic rings. The van der Waals surface area contributed by atoms with Crippen molar-refractivity contribution in [3.8, 4) is 0 Å². The molecule has 0 spiro atoms. The molecule has 0 fully saturated rings. The monoisotopic (exact) mass is 209 g/mol. The van der Waals surface area contributed by atoms with Crippen LogP contribution in [-0.4, -0.2) is 16.8 Å². The van der Waals surface area contributed by atoms with E-state index in [4.69, 9.17) is 0 Å². The Kier molecular flexibility index (Phi) is 4.82. The molecule has 1 unspecified atom stereocenters. The number of nitrogens with one attached hydrogen (secondary N) is 1. The van der Waals surface area contributed by atoms with Gasteiger partial charge in [-0.1, -0.05) is 26.7 Å². The van der Waals surface area contributed by atoms with Gasteiger partial charge in [-0.25, -0.2) is 0 Å². The van der Waals surface area contributed by atoms with Crippen molar-refractivity contribution < 1.29 is 0 Å². The molecule has 0 bridgehead atoms. The van der Waals surface area contributed by atoms with Crippen LogP contribution in [0.5, 0.6) is 0 Å². The summed E-state index contributed by atoms with van der Waals surface area (Å²) in [7, 11) is 3.99. The predicted molar refractivity (Wildman–Crippen MR) is 63.7 cm³/mol. The van der Waals surface area contributed by atoms with Crippen LogP contribution in [0.4, 0.5) is 0 Å². The number of nitrogens with zero attached hydrogens (tertiary/aromatic N) is 2. The molecule has 3 heteroatoms. The van der Waals surface area contributed by atoms with E-state index in [-0.39, 0.29) is 0 Å². The second kappa shape index (κ2) is 5.91. The summed E-state index contributed by atoms with van der Waals surface area (Å²) in [5, 5.41) is 7.60. The Balaban J connectivity index is 2.63. The van der Waals surface area contributed by atoms with Crippen molar-refractivity contribution in [2.75, 3.05) is 7.05 Å². The fourth-order valence-corrected chi connectivity index (χ4v) is 2.00. The molecular formula is C12H23N3. The van der Waals surface area contributed by atoms with Crippen molar-refractivity contribution in [3.05, 3.63) is 18.0 Å². The molecule has 1 aromatic rings. The number of hydrogen-bond donors (Lipinski definition) is 1. The topological polar surface area (TPSA) is 29.9 Å². The molecule has 0 saturated heterocycles. The minimum absolute atomic E-state index is 0.448. The summed E-state index contributed by atoms with van der Waals surface area (Å²) in [4.78, 5) is 0. The molecule has 1 N–H and O–H groups in total. The van der Waals surface area contributed by atoms with Gasteiger partial charge in [0.2, 0.25) is 0 Å². The highest BCUT2D eigenvalue weighted by Gasteiger charge is 2.15. The maximum Gasteiger partial charge on any atom is 0.0537 e. The molecule has 86 valence electrons. The first-order valence-corrected chi connectivity index (χ1v) is 5.87. The summed E-state index contributed by atoms with van der Waals surface area (Å²) in [5.41, 5.74) is 1.30. The van der Waals surface area contributed by atoms with E-state index in [1.165, 1.54) is 24.8 Å². The van der Waals surface area contributed by atoms with Crippen molar-refractivity contribution in [2.45, 2.75) is 39.2 Å². The standard InChI is InChI=1S/C12H23N3/c1-5-10(6-2)7-12(13-3)11-8-14-15(4)9-11/h8-10,12-13H,5-7H2,1-4H3. The average Bonchev–Trinajstić information content (AvgIpc) is 2.67. The van der Waals surface area contributed by atoms with Crippen molar-refractivity contribution in [1.29, 1.82) is 0 Å². The summed E-state index contributed by atoms with van der Waals surface area (Å²) in [6.07, 6.45) is 7.78. The van der Waals surface area contributed by atoms with E-state index < -0.39 is 0 Å². The minimum atomic E-state index is 0.448. The first-order valence-electron chi connectivity index (χ1n) is 5.87. The summed E-state index contributed by atoms with van der Waals surface area (Å²) >= 11 is 0. The van der Waals surface area contributed by atoms with E-state index in [0.29, 0.717) is 6.04 Å². The minimum Gasteiger partial charge on any atom is -0.313 e. The largest absolute Gasteiger partial charge is 0.313 e. The zero-order valence-corrected chi connectivity index (χ0v) is 10.3. The van der Waals surface area contributed by atoms with Crippen LogP contribution in [0.1, 0.15) is 44.7 Å². The van der Waals surface area contributed by atoms with E-state index in [1.807, 2.05) is 25.0 Å². The third-order valence-electron chi connectivity index (χ3n) is 3.20. The molecule has 0 amide bonds. The summed E-state index contributed by atoms with van der Waals surface area (Å²) < 4.78 is 1.87. The Morgan fingerprint density at radius 1 is 1.40 bits per heavy atom. The van der Waals surface area contributed by atoms with Crippen LogP contribution in [0.3, 0.4) is 0 Å². The highest BCUT2D eigenvalue weighted by Crippen LogP contribution is 2.24. The molecule has 1 rings (SSSR count). The van der Waals surface area contributed by atoms with Crippen LogP contribution in [-0.2, 0) is 7.05 Å². The highest BCUT2D eigenvalue weighted by molar-refractivity contribution is 5.10. The van der Waals surface area contributed by atoms with Crippen LogP contribution in [0.25, 0.3) is 0 Å². The third kappa shape index (κ3) is 3.34. The SMILES string of the molecule is CCC(CC)CC(NC)c1cnn(C)c1. The molecule has 0 aromatic carbocycles. The molecule has 3 nitrogen and oxygen atoms in total. The number of aromatic nitrogens is 2. The Labute approximate surface area is 92.9 Å². The lowest BCUT2D eigenvalue weighted by Gasteiger charge is -2.20. The Morgan fingerprint density at radius 2 is 2.07 bits per heavy atom. The predicted octanol–water partition coefficient (Wildman–Crippen LogP) is 2.51. The first kappa shape index (κ1) is 12.2. The third-order valence-corrected chi connectivity index (χ3v) is 3.20. The molecule has 1 aromatic heterocycles. The van der Waals surface area contributed by atoms with Crippen molar-refractivity contribution >= 4 is 0 Å². The van der Waals surface area contributed by atoms with Crippen molar-refractivity contribution in [3.63, 3.8) is 0 Å². The van der Waals surface area contributed by atoms with E-state index >= 15 is 0 Å². The fraction of sp³-hybridized carbons (Fsp3) is 0.750. The molecule has 0 radical (unpaired) electrons. The van der Waals surface area contributed by atoms with Gasteiger partial charge in [0.25, 0.3) is 0 Å². The van der Waals surface area contributed by atoms with Gasteiger partial charge in [0.15, 0.2) is 0 Å². The zero-order chi connectivity index (χ0) is 11.3. The van der Waals surface area contributed by atoms with Gasteiger partial charge in [0, 0.05) is 24.8 Å². The second-order valence-corrected chi connectivity index (χ2v) is 4.21. The quantitative estimate of drug-likeness (QED) is 0.780. The lowest BCUT2D eigenvalue weighted by molar-refractivity contribution is 0.385. The molecule has 1 atom stereocenters. The molecule has 0 aliphatic carbocycles. The van der Waals surface area contributed by atoms with Crippen LogP contribution in [0, 0.1) is 5.92 Å². The van der Waals surface area contributed by atoms with Gasteiger partial charge in [-0.2, -0.15) is 5.10 Å². The zero-order valence-electron chi connectivity index (χ0n) is 10.3. The van der Waals surface area contributed by atoms with E-state index in [0.717, 1.165) is 5.92 Å². The normalized spacial score (nSPS) is 13.4. The average molecular weight is 209 g/mol. The van der Waals surface area contributed by atoms with Gasteiger partial charge in [0.05, 0.1) is 6.20 Å². The smallest absolute Gasteiger partial charge is 0.0537 e. The van der Waals surface area contributed by atoms with Crippen LogP contribution in [0.15, 0.2) is 12.4 Å². The van der Waals surface area contributed by atoms with Gasteiger partial charge in [-0.05, 0) is 19.4 Å². The van der Waals surface area contributed by atoms with Crippen molar-refractivity contribution in [1.82, 2.24) is 15.1 Å². The van der Waals surface area contributed by atoms with Crippen LogP contribution in [0.2, 0.25) is 0 Å². The molecular weight excluding hydrogens is 186 g/mol. The molecule has 1 heterocycles. The van der Waals surface area contributed by atoms with Gasteiger partial charge < -0.3 is 5.32 Å². The van der Waals surface area contributed by atoms with Gasteiger partial charge in [0.1, 0.15) is 0 Å². The van der Waals surface area contributed by atoms with Crippen molar-refractivity contribution in [2.24, 2.45) is 13.0 Å². The van der Waals surface area contributed by atoms with E-state index in [2.05, 4.69) is 30.5 Å². The number of hydrogen-bond acceptors (Lipinski definition) is 2. The highest BCUT2D eigenvalue weighted by atomic mass is 15.2. The lowest BCUT2D eigenvalue weighted by Crippen LogP contribution is -2.19. The second-order valence-electron chi connectivity index (χ2n) is 4.21. The van der Waals surface area contributed by atoms with E-state index in [1.54, 1.807) is 0 Å².